The lowest BCUT2D eigenvalue weighted by molar-refractivity contribution is -0.134. The number of hydrogen-bond donors (Lipinski definition) is 2. The number of halogens is 1. The lowest BCUT2D eigenvalue weighted by Gasteiger charge is -2.35. The minimum atomic E-state index is -0.139. The Morgan fingerprint density at radius 1 is 1.19 bits per heavy atom. The van der Waals surface area contributed by atoms with E-state index in [1.54, 1.807) is 0 Å². The van der Waals surface area contributed by atoms with Crippen LogP contribution in [0.15, 0.2) is 0 Å². The van der Waals surface area contributed by atoms with Gasteiger partial charge >= 0.3 is 0 Å². The molecule has 1 atom stereocenters. The molecule has 1 aliphatic carbocycles. The van der Waals surface area contributed by atoms with Crippen molar-refractivity contribution in [1.29, 1.82) is 0 Å². The number of nitrogens with one attached hydrogen (secondary N) is 1. The summed E-state index contributed by atoms with van der Waals surface area (Å²) in [5, 5.41) is 13.1. The fourth-order valence-electron chi connectivity index (χ4n) is 3.03. The molecule has 124 valence electrons. The predicted molar refractivity (Wildman–Crippen MR) is 91.2 cm³/mol. The third-order valence-electron chi connectivity index (χ3n) is 4.37. The van der Waals surface area contributed by atoms with E-state index in [4.69, 9.17) is 0 Å². The maximum absolute atomic E-state index is 12.7. The Morgan fingerprint density at radius 2 is 1.76 bits per heavy atom. The van der Waals surface area contributed by atoms with E-state index in [0.29, 0.717) is 12.0 Å². The highest BCUT2D eigenvalue weighted by atomic mass is 35.5. The normalized spacial score (nSPS) is 28.1. The van der Waals surface area contributed by atoms with Crippen LogP contribution in [0.1, 0.15) is 39.5 Å². The first-order valence-electron chi connectivity index (χ1n) is 7.88. The number of aliphatic hydroxyl groups excluding tert-OH is 1. The van der Waals surface area contributed by atoms with Crippen LogP contribution in [0.5, 0.6) is 0 Å². The number of rotatable bonds is 4. The summed E-state index contributed by atoms with van der Waals surface area (Å²) in [5.74, 6) is 2.70. The van der Waals surface area contributed by atoms with Gasteiger partial charge in [0.25, 0.3) is 0 Å². The second-order valence-corrected chi connectivity index (χ2v) is 7.56. The topological polar surface area (TPSA) is 52.6 Å². The molecule has 0 radical (unpaired) electrons. The van der Waals surface area contributed by atoms with Crippen LogP contribution in [0.25, 0.3) is 0 Å². The molecule has 4 nitrogen and oxygen atoms in total. The summed E-state index contributed by atoms with van der Waals surface area (Å²) in [6.45, 7) is 6.01. The molecule has 2 aliphatic rings. The van der Waals surface area contributed by atoms with Gasteiger partial charge in [0.1, 0.15) is 0 Å². The lowest BCUT2D eigenvalue weighted by Crippen LogP contribution is -2.54. The Kier molecular flexibility index (Phi) is 8.39. The molecule has 0 aromatic carbocycles. The van der Waals surface area contributed by atoms with Gasteiger partial charge in [0.05, 0.1) is 12.1 Å². The second-order valence-electron chi connectivity index (χ2n) is 6.33. The number of aliphatic hydroxyl groups is 1. The van der Waals surface area contributed by atoms with Gasteiger partial charge < -0.3 is 15.3 Å². The highest BCUT2D eigenvalue weighted by Gasteiger charge is 2.31. The lowest BCUT2D eigenvalue weighted by atomic mass is 9.91. The van der Waals surface area contributed by atoms with Crippen molar-refractivity contribution in [2.24, 2.45) is 5.92 Å². The van der Waals surface area contributed by atoms with Crippen molar-refractivity contribution < 1.29 is 9.90 Å². The molecule has 1 saturated carbocycles. The SMILES string of the molecule is CC(C)[C@H](NC1CCC(O)CC1)C(=O)N1CCSCC1.Cl. The maximum atomic E-state index is 12.7. The standard InChI is InChI=1S/C15H28N2O2S.ClH/c1-11(2)14(15(19)17-7-9-20-10-8-17)16-12-3-5-13(18)6-4-12;/h11-14,16,18H,3-10H2,1-2H3;1H/t12?,13?,14-;/m0./s1. The average molecular weight is 337 g/mol. The van der Waals surface area contributed by atoms with Crippen LogP contribution in [0.4, 0.5) is 0 Å². The van der Waals surface area contributed by atoms with Gasteiger partial charge in [0, 0.05) is 30.6 Å². The molecular weight excluding hydrogens is 308 g/mol. The quantitative estimate of drug-likeness (QED) is 0.823. The minimum Gasteiger partial charge on any atom is -0.393 e. The summed E-state index contributed by atoms with van der Waals surface area (Å²) in [6.07, 6.45) is 3.54. The van der Waals surface area contributed by atoms with Crippen LogP contribution in [0.2, 0.25) is 0 Å². The summed E-state index contributed by atoms with van der Waals surface area (Å²) in [6, 6.07) is 0.312. The van der Waals surface area contributed by atoms with Crippen molar-refractivity contribution in [3.63, 3.8) is 0 Å². The zero-order valence-electron chi connectivity index (χ0n) is 13.1. The van der Waals surface area contributed by atoms with Crippen molar-refractivity contribution in [2.75, 3.05) is 24.6 Å². The third kappa shape index (κ3) is 5.62. The number of carbonyl (C=O) groups is 1. The first-order valence-corrected chi connectivity index (χ1v) is 9.04. The van der Waals surface area contributed by atoms with Crippen LogP contribution in [-0.2, 0) is 4.79 Å². The smallest absolute Gasteiger partial charge is 0.240 e. The summed E-state index contributed by atoms with van der Waals surface area (Å²) in [5.41, 5.74) is 0. The number of amides is 1. The van der Waals surface area contributed by atoms with Crippen LogP contribution in [0.3, 0.4) is 0 Å². The Balaban J connectivity index is 0.00000220. The van der Waals surface area contributed by atoms with E-state index < -0.39 is 0 Å². The van der Waals surface area contributed by atoms with Crippen LogP contribution in [0, 0.1) is 5.92 Å². The van der Waals surface area contributed by atoms with Gasteiger partial charge in [-0.3, -0.25) is 4.79 Å². The van der Waals surface area contributed by atoms with Crippen molar-refractivity contribution in [2.45, 2.75) is 57.7 Å². The molecule has 21 heavy (non-hydrogen) atoms. The fraction of sp³-hybridized carbons (Fsp3) is 0.933. The molecule has 0 unspecified atom stereocenters. The van der Waals surface area contributed by atoms with Gasteiger partial charge in [-0.15, -0.1) is 12.4 Å². The summed E-state index contributed by atoms with van der Waals surface area (Å²) in [7, 11) is 0. The maximum Gasteiger partial charge on any atom is 0.240 e. The monoisotopic (exact) mass is 336 g/mol. The molecule has 2 fully saturated rings. The zero-order chi connectivity index (χ0) is 14.5. The van der Waals surface area contributed by atoms with Gasteiger partial charge in [-0.25, -0.2) is 0 Å². The Bertz CT molecular complexity index is 317. The van der Waals surface area contributed by atoms with Crippen molar-refractivity contribution in [3.8, 4) is 0 Å². The summed E-state index contributed by atoms with van der Waals surface area (Å²) in [4.78, 5) is 14.7. The van der Waals surface area contributed by atoms with Gasteiger partial charge in [-0.05, 0) is 31.6 Å². The van der Waals surface area contributed by atoms with E-state index in [1.807, 2.05) is 16.7 Å². The second kappa shape index (κ2) is 9.23. The van der Waals surface area contributed by atoms with Crippen molar-refractivity contribution >= 4 is 30.1 Å². The largest absolute Gasteiger partial charge is 0.393 e. The van der Waals surface area contributed by atoms with E-state index in [1.165, 1.54) is 0 Å². The summed E-state index contributed by atoms with van der Waals surface area (Å²) < 4.78 is 0. The Hall–Kier alpha value is 0.0300. The molecule has 0 spiro atoms. The first-order chi connectivity index (χ1) is 9.58. The van der Waals surface area contributed by atoms with Crippen LogP contribution in [-0.4, -0.2) is 58.7 Å². The first kappa shape index (κ1) is 19.1. The molecule has 0 bridgehead atoms. The fourth-order valence-corrected chi connectivity index (χ4v) is 3.93. The molecule has 1 heterocycles. The molecule has 1 amide bonds. The van der Waals surface area contributed by atoms with Crippen LogP contribution >= 0.6 is 24.2 Å². The van der Waals surface area contributed by atoms with E-state index in [0.717, 1.165) is 50.3 Å². The van der Waals surface area contributed by atoms with Crippen molar-refractivity contribution in [3.05, 3.63) is 0 Å². The number of carbonyl (C=O) groups excluding carboxylic acids is 1. The number of hydrogen-bond acceptors (Lipinski definition) is 4. The van der Waals surface area contributed by atoms with Gasteiger partial charge in [-0.1, -0.05) is 13.8 Å². The molecule has 2 rings (SSSR count). The van der Waals surface area contributed by atoms with Crippen molar-refractivity contribution in [1.82, 2.24) is 10.2 Å². The van der Waals surface area contributed by atoms with E-state index in [2.05, 4.69) is 19.2 Å². The van der Waals surface area contributed by atoms with Gasteiger partial charge in [0.2, 0.25) is 5.91 Å². The number of thioether (sulfide) groups is 1. The van der Waals surface area contributed by atoms with E-state index in [9.17, 15) is 9.90 Å². The number of nitrogens with zero attached hydrogens (tertiary/aromatic N) is 1. The van der Waals surface area contributed by atoms with E-state index >= 15 is 0 Å². The van der Waals surface area contributed by atoms with Crippen LogP contribution < -0.4 is 5.32 Å². The molecule has 2 N–H and O–H groups in total. The average Bonchev–Trinajstić information content (AvgIpc) is 2.46. The zero-order valence-corrected chi connectivity index (χ0v) is 14.7. The van der Waals surface area contributed by atoms with Gasteiger partial charge in [-0.2, -0.15) is 11.8 Å². The molecular formula is C15H29ClN2O2S. The Labute approximate surface area is 138 Å². The molecule has 0 aromatic heterocycles. The molecule has 1 aliphatic heterocycles. The van der Waals surface area contributed by atoms with Gasteiger partial charge in [0.15, 0.2) is 0 Å². The third-order valence-corrected chi connectivity index (χ3v) is 5.31. The molecule has 1 saturated heterocycles. The minimum absolute atomic E-state index is 0. The van der Waals surface area contributed by atoms with E-state index in [-0.39, 0.29) is 30.5 Å². The highest BCUT2D eigenvalue weighted by Crippen LogP contribution is 2.21. The highest BCUT2D eigenvalue weighted by molar-refractivity contribution is 7.99. The summed E-state index contributed by atoms with van der Waals surface area (Å²) >= 11 is 1.93. The molecule has 6 heteroatoms. The molecule has 0 aromatic rings. The predicted octanol–water partition coefficient (Wildman–Crippen LogP) is 1.90. The Morgan fingerprint density at radius 3 is 2.29 bits per heavy atom.